The van der Waals surface area contributed by atoms with Crippen molar-refractivity contribution in [1.82, 2.24) is 4.57 Å². The van der Waals surface area contributed by atoms with Crippen LogP contribution in [0, 0.1) is 0 Å². The molecule has 1 aromatic heterocycles. The molecule has 0 atom stereocenters. The lowest BCUT2D eigenvalue weighted by atomic mass is 9.95. The van der Waals surface area contributed by atoms with Crippen LogP contribution in [-0.4, -0.2) is 4.57 Å². The van der Waals surface area contributed by atoms with E-state index >= 15 is 0 Å². The third kappa shape index (κ3) is 6.84. The molecular weight excluding hydrogens is 749 g/mol. The Hall–Kier alpha value is -8.20. The second-order valence-corrected chi connectivity index (χ2v) is 15.7. The van der Waals surface area contributed by atoms with Crippen molar-refractivity contribution in [2.45, 2.75) is 0 Å². The Kier molecular flexibility index (Phi) is 9.57. The molecule has 62 heavy (non-hydrogen) atoms. The van der Waals surface area contributed by atoms with Gasteiger partial charge >= 0.3 is 0 Å². The van der Waals surface area contributed by atoms with E-state index in [2.05, 4.69) is 264 Å². The highest BCUT2D eigenvalue weighted by Gasteiger charge is 2.21. The van der Waals surface area contributed by atoms with E-state index in [0.717, 1.165) is 39.4 Å². The molecule has 0 N–H and O–H groups in total. The van der Waals surface area contributed by atoms with Gasteiger partial charge in [0, 0.05) is 33.3 Å². The van der Waals surface area contributed by atoms with Crippen LogP contribution in [0.5, 0.6) is 0 Å². The van der Waals surface area contributed by atoms with Crippen molar-refractivity contribution >= 4 is 38.9 Å². The van der Waals surface area contributed by atoms with Crippen LogP contribution in [0.1, 0.15) is 0 Å². The lowest BCUT2D eigenvalue weighted by Gasteiger charge is -2.29. The van der Waals surface area contributed by atoms with E-state index in [1.54, 1.807) is 0 Å². The summed E-state index contributed by atoms with van der Waals surface area (Å²) < 4.78 is 2.42. The van der Waals surface area contributed by atoms with Crippen LogP contribution in [0.25, 0.3) is 83.1 Å². The average Bonchev–Trinajstić information content (AvgIpc) is 3.70. The highest BCUT2D eigenvalue weighted by molar-refractivity contribution is 6.10. The van der Waals surface area contributed by atoms with Gasteiger partial charge in [-0.25, -0.2) is 0 Å². The predicted molar refractivity (Wildman–Crippen MR) is 263 cm³/mol. The summed E-state index contributed by atoms with van der Waals surface area (Å²) in [6.07, 6.45) is 0. The van der Waals surface area contributed by atoms with Crippen molar-refractivity contribution in [1.29, 1.82) is 0 Å². The van der Waals surface area contributed by atoms with Gasteiger partial charge in [0.25, 0.3) is 0 Å². The minimum atomic E-state index is 1.08. The van der Waals surface area contributed by atoms with E-state index in [1.807, 2.05) is 0 Å². The van der Waals surface area contributed by atoms with Crippen LogP contribution < -0.4 is 4.90 Å². The molecule has 11 rings (SSSR count). The number of hydrogen-bond donors (Lipinski definition) is 0. The number of benzene rings is 10. The summed E-state index contributed by atoms with van der Waals surface area (Å²) in [6.45, 7) is 0. The molecule has 0 aliphatic carbocycles. The summed E-state index contributed by atoms with van der Waals surface area (Å²) in [5, 5.41) is 2.50. The first-order valence-corrected chi connectivity index (χ1v) is 21.3. The van der Waals surface area contributed by atoms with Crippen molar-refractivity contribution in [3.8, 4) is 61.3 Å². The summed E-state index contributed by atoms with van der Waals surface area (Å²) in [6, 6.07) is 92.1. The second kappa shape index (κ2) is 16.1. The molecule has 0 amide bonds. The van der Waals surface area contributed by atoms with Crippen molar-refractivity contribution in [3.63, 3.8) is 0 Å². The molecule has 0 fully saturated rings. The summed E-state index contributed by atoms with van der Waals surface area (Å²) in [5.74, 6) is 0. The zero-order chi connectivity index (χ0) is 41.2. The first kappa shape index (κ1) is 36.8. The average molecular weight is 791 g/mol. The summed E-state index contributed by atoms with van der Waals surface area (Å²) in [4.78, 5) is 2.40. The molecule has 0 saturated carbocycles. The zero-order valence-electron chi connectivity index (χ0n) is 34.1. The van der Waals surface area contributed by atoms with Crippen LogP contribution in [0.4, 0.5) is 17.1 Å². The van der Waals surface area contributed by atoms with Gasteiger partial charge in [-0.1, -0.05) is 200 Å². The number of anilines is 3. The molecule has 10 aromatic carbocycles. The minimum Gasteiger partial charge on any atom is -0.310 e. The van der Waals surface area contributed by atoms with Crippen LogP contribution in [0.2, 0.25) is 0 Å². The number of aromatic nitrogens is 1. The molecule has 0 spiro atoms. The third-order valence-corrected chi connectivity index (χ3v) is 12.0. The molecule has 1 heterocycles. The summed E-state index contributed by atoms with van der Waals surface area (Å²) in [7, 11) is 0. The number of nitrogens with zero attached hydrogens (tertiary/aromatic N) is 2. The highest BCUT2D eigenvalue weighted by Crippen LogP contribution is 2.45. The fourth-order valence-corrected chi connectivity index (χ4v) is 8.99. The maximum Gasteiger partial charge on any atom is 0.0541 e. The van der Waals surface area contributed by atoms with Gasteiger partial charge < -0.3 is 9.47 Å². The molecule has 0 aliphatic heterocycles. The number of hydrogen-bond acceptors (Lipinski definition) is 1. The Balaban J connectivity index is 1.06. The standard InChI is InChI=1S/C60H42N2/c1-4-16-43(17-5-1)45-28-30-46(31-29-45)48-34-39-52(40-35-48)61(51-37-32-47(33-38-51)44-18-6-2-7-19-44)60-41-36-50(42-56(60)49-20-8-3-9-21-49)53-22-10-13-25-57(53)62-58-26-14-11-23-54(58)55-24-12-15-27-59(55)62/h1-42H. The van der Waals surface area contributed by atoms with Gasteiger partial charge in [-0.15, -0.1) is 0 Å². The Labute approximate surface area is 362 Å². The van der Waals surface area contributed by atoms with Gasteiger partial charge in [-0.05, 0) is 99.1 Å². The van der Waals surface area contributed by atoms with Gasteiger partial charge in [0.1, 0.15) is 0 Å². The van der Waals surface area contributed by atoms with Crippen molar-refractivity contribution in [2.24, 2.45) is 0 Å². The molecule has 11 aromatic rings. The molecule has 0 unspecified atom stereocenters. The van der Waals surface area contributed by atoms with Gasteiger partial charge in [-0.3, -0.25) is 0 Å². The predicted octanol–water partition coefficient (Wildman–Crippen LogP) is 16.6. The van der Waals surface area contributed by atoms with Crippen LogP contribution in [-0.2, 0) is 0 Å². The third-order valence-electron chi connectivity index (χ3n) is 12.0. The van der Waals surface area contributed by atoms with Gasteiger partial charge in [0.2, 0.25) is 0 Å². The first-order chi connectivity index (χ1) is 30.8. The molecule has 0 radical (unpaired) electrons. The van der Waals surface area contributed by atoms with E-state index in [-0.39, 0.29) is 0 Å². The van der Waals surface area contributed by atoms with Gasteiger partial charge in [-0.2, -0.15) is 0 Å². The molecule has 0 bridgehead atoms. The summed E-state index contributed by atoms with van der Waals surface area (Å²) in [5.41, 5.74) is 18.6. The molecular formula is C60H42N2. The number of fused-ring (bicyclic) bond motifs is 3. The summed E-state index contributed by atoms with van der Waals surface area (Å²) >= 11 is 0. The lowest BCUT2D eigenvalue weighted by molar-refractivity contribution is 1.18. The second-order valence-electron chi connectivity index (χ2n) is 15.7. The maximum absolute atomic E-state index is 2.42. The number of para-hydroxylation sites is 3. The molecule has 2 nitrogen and oxygen atoms in total. The Morgan fingerprint density at radius 2 is 0.629 bits per heavy atom. The highest BCUT2D eigenvalue weighted by atomic mass is 15.1. The van der Waals surface area contributed by atoms with E-state index in [9.17, 15) is 0 Å². The Morgan fingerprint density at radius 1 is 0.258 bits per heavy atom. The first-order valence-electron chi connectivity index (χ1n) is 21.3. The fourth-order valence-electron chi connectivity index (χ4n) is 8.99. The van der Waals surface area contributed by atoms with E-state index in [0.29, 0.717) is 0 Å². The fraction of sp³-hybridized carbons (Fsp3) is 0. The monoisotopic (exact) mass is 790 g/mol. The quantitative estimate of drug-likeness (QED) is 0.141. The SMILES string of the molecule is c1ccc(-c2ccc(-c3ccc(N(c4ccc(-c5ccccc5)cc4)c4ccc(-c5ccccc5-n5c6ccccc6c6ccccc65)cc4-c4ccccc4)cc3)cc2)cc1. The normalized spacial score (nSPS) is 11.2. The maximum atomic E-state index is 2.42. The molecule has 0 aliphatic rings. The van der Waals surface area contributed by atoms with E-state index < -0.39 is 0 Å². The van der Waals surface area contributed by atoms with Gasteiger partial charge in [0.15, 0.2) is 0 Å². The Bertz CT molecular complexity index is 3240. The minimum absolute atomic E-state index is 1.08. The zero-order valence-corrected chi connectivity index (χ0v) is 34.1. The van der Waals surface area contributed by atoms with E-state index in [1.165, 1.54) is 60.8 Å². The number of rotatable bonds is 9. The van der Waals surface area contributed by atoms with Gasteiger partial charge in [0.05, 0.1) is 22.4 Å². The van der Waals surface area contributed by atoms with Crippen molar-refractivity contribution in [3.05, 3.63) is 255 Å². The molecule has 0 saturated heterocycles. The smallest absolute Gasteiger partial charge is 0.0541 e. The van der Waals surface area contributed by atoms with Crippen LogP contribution in [0.3, 0.4) is 0 Å². The van der Waals surface area contributed by atoms with Crippen LogP contribution >= 0.6 is 0 Å². The van der Waals surface area contributed by atoms with Crippen molar-refractivity contribution in [2.75, 3.05) is 4.90 Å². The Morgan fingerprint density at radius 3 is 1.13 bits per heavy atom. The molecule has 2 heteroatoms. The van der Waals surface area contributed by atoms with Crippen molar-refractivity contribution < 1.29 is 0 Å². The van der Waals surface area contributed by atoms with Crippen LogP contribution in [0.15, 0.2) is 255 Å². The van der Waals surface area contributed by atoms with E-state index in [4.69, 9.17) is 0 Å². The lowest BCUT2D eigenvalue weighted by Crippen LogP contribution is -2.11. The molecule has 292 valence electrons. The topological polar surface area (TPSA) is 8.17 Å². The largest absolute Gasteiger partial charge is 0.310 e.